The third kappa shape index (κ3) is 2.09. The minimum Gasteiger partial charge on any atom is -0.487 e. The molecule has 1 aliphatic carbocycles. The van der Waals surface area contributed by atoms with Crippen molar-refractivity contribution in [3.63, 3.8) is 0 Å². The largest absolute Gasteiger partial charge is 0.487 e. The van der Waals surface area contributed by atoms with Crippen LogP contribution in [0.5, 0.6) is 5.75 Å². The molecule has 1 spiro atoms. The molecule has 3 nitrogen and oxygen atoms in total. The first-order valence-electron chi connectivity index (χ1n) is 7.82. The SMILES string of the molecule is O=C(C1CC1)N1CCC2(CCc3ccccc3O2)CC1. The van der Waals surface area contributed by atoms with Crippen LogP contribution in [-0.2, 0) is 11.2 Å². The highest BCUT2D eigenvalue weighted by Gasteiger charge is 2.42. The van der Waals surface area contributed by atoms with Crippen LogP contribution < -0.4 is 4.74 Å². The molecular weight excluding hydrogens is 250 g/mol. The number of likely N-dealkylation sites (tertiary alicyclic amines) is 1. The molecule has 0 aromatic heterocycles. The fourth-order valence-electron chi connectivity index (χ4n) is 3.53. The molecule has 0 N–H and O–H groups in total. The highest BCUT2D eigenvalue weighted by atomic mass is 16.5. The van der Waals surface area contributed by atoms with E-state index >= 15 is 0 Å². The Morgan fingerprint density at radius 3 is 2.65 bits per heavy atom. The molecule has 2 fully saturated rings. The molecule has 4 rings (SSSR count). The summed E-state index contributed by atoms with van der Waals surface area (Å²) in [6.07, 6.45) is 6.37. The number of fused-ring (bicyclic) bond motifs is 1. The van der Waals surface area contributed by atoms with Crippen molar-refractivity contribution in [3.05, 3.63) is 29.8 Å². The topological polar surface area (TPSA) is 29.5 Å². The average molecular weight is 271 g/mol. The maximum absolute atomic E-state index is 12.1. The van der Waals surface area contributed by atoms with E-state index in [4.69, 9.17) is 4.74 Å². The van der Waals surface area contributed by atoms with Gasteiger partial charge in [0.05, 0.1) is 0 Å². The van der Waals surface area contributed by atoms with Gasteiger partial charge in [-0.05, 0) is 37.3 Å². The minimum atomic E-state index is -0.0192. The fraction of sp³-hybridized carbons (Fsp3) is 0.588. The monoisotopic (exact) mass is 271 g/mol. The van der Waals surface area contributed by atoms with E-state index in [0.717, 1.165) is 57.4 Å². The summed E-state index contributed by atoms with van der Waals surface area (Å²) >= 11 is 0. The van der Waals surface area contributed by atoms with Crippen molar-refractivity contribution >= 4 is 5.91 Å². The Hall–Kier alpha value is -1.51. The number of amides is 1. The molecule has 1 amide bonds. The zero-order valence-electron chi connectivity index (χ0n) is 11.8. The van der Waals surface area contributed by atoms with Gasteiger partial charge in [0.15, 0.2) is 0 Å². The molecule has 0 unspecified atom stereocenters. The zero-order chi connectivity index (χ0) is 13.6. The van der Waals surface area contributed by atoms with Crippen LogP contribution >= 0.6 is 0 Å². The second-order valence-corrected chi connectivity index (χ2v) is 6.49. The number of rotatable bonds is 1. The van der Waals surface area contributed by atoms with Crippen LogP contribution in [0.4, 0.5) is 0 Å². The molecule has 1 aromatic carbocycles. The molecule has 0 atom stereocenters. The molecule has 1 saturated carbocycles. The van der Waals surface area contributed by atoms with Gasteiger partial charge in [-0.25, -0.2) is 0 Å². The first kappa shape index (κ1) is 12.2. The van der Waals surface area contributed by atoms with Gasteiger partial charge in [-0.1, -0.05) is 18.2 Å². The van der Waals surface area contributed by atoms with Crippen LogP contribution in [0.1, 0.15) is 37.7 Å². The van der Waals surface area contributed by atoms with E-state index in [9.17, 15) is 4.79 Å². The normalized spacial score (nSPS) is 24.1. The molecule has 2 aliphatic heterocycles. The van der Waals surface area contributed by atoms with Gasteiger partial charge in [-0.3, -0.25) is 4.79 Å². The average Bonchev–Trinajstić information content (AvgIpc) is 3.32. The predicted octanol–water partition coefficient (Wildman–Crippen LogP) is 2.78. The van der Waals surface area contributed by atoms with Gasteiger partial charge >= 0.3 is 0 Å². The van der Waals surface area contributed by atoms with Crippen LogP contribution in [0.25, 0.3) is 0 Å². The summed E-state index contributed by atoms with van der Waals surface area (Å²) < 4.78 is 6.33. The van der Waals surface area contributed by atoms with E-state index in [2.05, 4.69) is 23.1 Å². The Morgan fingerprint density at radius 2 is 1.90 bits per heavy atom. The Morgan fingerprint density at radius 1 is 1.15 bits per heavy atom. The van der Waals surface area contributed by atoms with Gasteiger partial charge in [0.2, 0.25) is 5.91 Å². The van der Waals surface area contributed by atoms with Crippen LogP contribution in [0.15, 0.2) is 24.3 Å². The maximum Gasteiger partial charge on any atom is 0.225 e. The van der Waals surface area contributed by atoms with Gasteiger partial charge in [0.25, 0.3) is 0 Å². The van der Waals surface area contributed by atoms with Gasteiger partial charge in [0, 0.05) is 31.8 Å². The summed E-state index contributed by atoms with van der Waals surface area (Å²) in [5, 5.41) is 0. The molecule has 1 saturated heterocycles. The van der Waals surface area contributed by atoms with E-state index < -0.39 is 0 Å². The lowest BCUT2D eigenvalue weighted by molar-refractivity contribution is -0.136. The highest BCUT2D eigenvalue weighted by Crippen LogP contribution is 2.40. The van der Waals surface area contributed by atoms with E-state index in [1.54, 1.807) is 0 Å². The van der Waals surface area contributed by atoms with Crippen LogP contribution in [0.2, 0.25) is 0 Å². The number of hydrogen-bond acceptors (Lipinski definition) is 2. The summed E-state index contributed by atoms with van der Waals surface area (Å²) in [7, 11) is 0. The Kier molecular flexibility index (Phi) is 2.76. The number of benzene rings is 1. The zero-order valence-corrected chi connectivity index (χ0v) is 11.8. The molecule has 106 valence electrons. The van der Waals surface area contributed by atoms with Crippen LogP contribution in [0, 0.1) is 5.92 Å². The number of nitrogens with zero attached hydrogens (tertiary/aromatic N) is 1. The maximum atomic E-state index is 12.1. The molecular formula is C17H21NO2. The Labute approximate surface area is 119 Å². The Balaban J connectivity index is 1.45. The molecule has 2 heterocycles. The van der Waals surface area contributed by atoms with E-state index in [-0.39, 0.29) is 5.60 Å². The van der Waals surface area contributed by atoms with Crippen molar-refractivity contribution < 1.29 is 9.53 Å². The van der Waals surface area contributed by atoms with Crippen molar-refractivity contribution in [2.24, 2.45) is 5.92 Å². The van der Waals surface area contributed by atoms with Gasteiger partial charge in [-0.2, -0.15) is 0 Å². The highest BCUT2D eigenvalue weighted by molar-refractivity contribution is 5.81. The summed E-state index contributed by atoms with van der Waals surface area (Å²) in [6, 6.07) is 8.37. The third-order valence-corrected chi connectivity index (χ3v) is 5.06. The summed E-state index contributed by atoms with van der Waals surface area (Å²) in [6.45, 7) is 1.75. The lowest BCUT2D eigenvalue weighted by atomic mass is 9.83. The quantitative estimate of drug-likeness (QED) is 0.786. The number of ether oxygens (including phenoxy) is 1. The molecule has 0 radical (unpaired) electrons. The van der Waals surface area contributed by atoms with Crippen molar-refractivity contribution in [1.29, 1.82) is 0 Å². The third-order valence-electron chi connectivity index (χ3n) is 5.06. The molecule has 20 heavy (non-hydrogen) atoms. The molecule has 1 aromatic rings. The second-order valence-electron chi connectivity index (χ2n) is 6.49. The van der Waals surface area contributed by atoms with E-state index in [1.165, 1.54) is 5.56 Å². The molecule has 3 aliphatic rings. The molecule has 0 bridgehead atoms. The summed E-state index contributed by atoms with van der Waals surface area (Å²) in [5.41, 5.74) is 1.31. The number of aryl methyl sites for hydroxylation is 1. The fourth-order valence-corrected chi connectivity index (χ4v) is 3.53. The minimum absolute atomic E-state index is 0.0192. The van der Waals surface area contributed by atoms with Crippen molar-refractivity contribution in [3.8, 4) is 5.75 Å². The molecule has 3 heteroatoms. The van der Waals surface area contributed by atoms with Crippen molar-refractivity contribution in [2.75, 3.05) is 13.1 Å². The van der Waals surface area contributed by atoms with Crippen LogP contribution in [0.3, 0.4) is 0 Å². The first-order valence-corrected chi connectivity index (χ1v) is 7.82. The standard InChI is InChI=1S/C17H21NO2/c19-16(14-5-6-14)18-11-9-17(10-12-18)8-7-13-3-1-2-4-15(13)20-17/h1-4,14H,5-12H2. The van der Waals surface area contributed by atoms with Gasteiger partial charge in [-0.15, -0.1) is 0 Å². The number of carbonyl (C=O) groups excluding carboxylic acids is 1. The van der Waals surface area contributed by atoms with Gasteiger partial charge < -0.3 is 9.64 Å². The predicted molar refractivity (Wildman–Crippen MR) is 76.7 cm³/mol. The van der Waals surface area contributed by atoms with Crippen LogP contribution in [-0.4, -0.2) is 29.5 Å². The second kappa shape index (κ2) is 4.51. The number of piperidine rings is 1. The lowest BCUT2D eigenvalue weighted by Gasteiger charge is -2.44. The van der Waals surface area contributed by atoms with E-state index in [0.29, 0.717) is 11.8 Å². The van der Waals surface area contributed by atoms with Crippen molar-refractivity contribution in [2.45, 2.75) is 44.1 Å². The Bertz CT molecular complexity index is 528. The summed E-state index contributed by atoms with van der Waals surface area (Å²) in [5.74, 6) is 1.79. The summed E-state index contributed by atoms with van der Waals surface area (Å²) in [4.78, 5) is 14.2. The first-order chi connectivity index (χ1) is 9.76. The van der Waals surface area contributed by atoms with Crippen molar-refractivity contribution in [1.82, 2.24) is 4.90 Å². The number of para-hydroxylation sites is 1. The van der Waals surface area contributed by atoms with Gasteiger partial charge in [0.1, 0.15) is 11.4 Å². The smallest absolute Gasteiger partial charge is 0.225 e. The van der Waals surface area contributed by atoms with E-state index in [1.807, 2.05) is 6.07 Å². The number of hydrogen-bond donors (Lipinski definition) is 0. The lowest BCUT2D eigenvalue weighted by Crippen LogP contribution is -2.51. The number of carbonyl (C=O) groups is 1.